The Balaban J connectivity index is 1.60. The molecule has 0 saturated heterocycles. The third-order valence-electron chi connectivity index (χ3n) is 4.77. The maximum absolute atomic E-state index is 12.3. The lowest BCUT2D eigenvalue weighted by molar-refractivity contribution is -0.116. The van der Waals surface area contributed by atoms with Gasteiger partial charge in [0.2, 0.25) is 5.91 Å². The molecule has 0 spiro atoms. The van der Waals surface area contributed by atoms with E-state index in [1.807, 2.05) is 6.08 Å². The first-order valence-electron chi connectivity index (χ1n) is 9.48. The first-order chi connectivity index (χ1) is 13.6. The van der Waals surface area contributed by atoms with Gasteiger partial charge in [0.15, 0.2) is 0 Å². The molecule has 0 radical (unpaired) electrons. The largest absolute Gasteiger partial charge is 0.498 e. The van der Waals surface area contributed by atoms with Crippen LogP contribution in [0.5, 0.6) is 0 Å². The number of rotatable bonds is 8. The van der Waals surface area contributed by atoms with Gasteiger partial charge in [-0.3, -0.25) is 4.79 Å². The Bertz CT molecular complexity index is 746. The molecule has 0 bridgehead atoms. The minimum atomic E-state index is -0.346. The number of nitrogens with one attached hydrogen (secondary N) is 1. The number of thiophene rings is 1. The zero-order valence-electron chi connectivity index (χ0n) is 16.1. The number of allylic oxidation sites excluding steroid dienone is 1. The van der Waals surface area contributed by atoms with Gasteiger partial charge in [0, 0.05) is 49.9 Å². The van der Waals surface area contributed by atoms with Crippen LogP contribution in [0.2, 0.25) is 0 Å². The first-order valence-corrected chi connectivity index (χ1v) is 10.3. The molecule has 9 heteroatoms. The molecular formula is C19H27N3O5S. The summed E-state index contributed by atoms with van der Waals surface area (Å²) in [6.45, 7) is 2.71. The Labute approximate surface area is 168 Å². The van der Waals surface area contributed by atoms with Crippen LogP contribution >= 0.6 is 11.3 Å². The van der Waals surface area contributed by atoms with Crippen molar-refractivity contribution in [2.45, 2.75) is 38.8 Å². The molecule has 0 saturated carbocycles. The van der Waals surface area contributed by atoms with Gasteiger partial charge in [0.05, 0.1) is 30.5 Å². The molecule has 0 fully saturated rings. The molecule has 2 amide bonds. The van der Waals surface area contributed by atoms with Gasteiger partial charge in [0.25, 0.3) is 0 Å². The molecule has 1 aromatic heterocycles. The molecule has 3 heterocycles. The molecule has 0 aliphatic carbocycles. The number of hydrogen-bond donors (Lipinski definition) is 2. The molecule has 3 N–H and O–H groups in total. The molecular weight excluding hydrogens is 382 g/mol. The summed E-state index contributed by atoms with van der Waals surface area (Å²) in [5, 5.41) is 3.78. The van der Waals surface area contributed by atoms with E-state index < -0.39 is 0 Å². The molecule has 154 valence electrons. The molecule has 1 aromatic rings. The summed E-state index contributed by atoms with van der Waals surface area (Å²) in [5.41, 5.74) is 8.06. The smallest absolute Gasteiger partial charge is 0.410 e. The monoisotopic (exact) mass is 409 g/mol. The Morgan fingerprint density at radius 1 is 1.39 bits per heavy atom. The lowest BCUT2D eigenvalue weighted by atomic mass is 10.0. The number of methoxy groups -OCH3 is 1. The van der Waals surface area contributed by atoms with Crippen LogP contribution in [0.4, 0.5) is 9.80 Å². The zero-order valence-corrected chi connectivity index (χ0v) is 16.9. The van der Waals surface area contributed by atoms with E-state index >= 15 is 0 Å². The minimum Gasteiger partial charge on any atom is -0.498 e. The number of hydrogen-bond acceptors (Lipinski definition) is 7. The standard InChI is InChI=1S/C19H27N3O5S/c1-25-9-10-27-19(24)22-7-6-14-15(11-20)18(28-16(14)12-22)21-17(23)5-4-13-3-2-8-26-13/h3H,2,4-12,20H2,1H3,(H,21,23). The highest BCUT2D eigenvalue weighted by Crippen LogP contribution is 2.37. The highest BCUT2D eigenvalue weighted by atomic mass is 32.1. The van der Waals surface area contributed by atoms with Crippen LogP contribution in [0.25, 0.3) is 0 Å². The molecule has 3 rings (SSSR count). The number of nitrogens with zero attached hydrogens (tertiary/aromatic N) is 1. The van der Waals surface area contributed by atoms with E-state index in [4.69, 9.17) is 19.9 Å². The molecule has 2 aliphatic rings. The van der Waals surface area contributed by atoms with Crippen molar-refractivity contribution in [2.24, 2.45) is 5.73 Å². The fraction of sp³-hybridized carbons (Fsp3) is 0.579. The number of anilines is 1. The molecule has 0 unspecified atom stereocenters. The van der Waals surface area contributed by atoms with Crippen LogP contribution in [-0.4, -0.2) is 50.4 Å². The van der Waals surface area contributed by atoms with Crippen LogP contribution < -0.4 is 11.1 Å². The van der Waals surface area contributed by atoms with E-state index in [1.165, 1.54) is 11.3 Å². The summed E-state index contributed by atoms with van der Waals surface area (Å²) in [6, 6.07) is 0. The molecule has 2 aliphatic heterocycles. The summed E-state index contributed by atoms with van der Waals surface area (Å²) < 4.78 is 15.5. The summed E-state index contributed by atoms with van der Waals surface area (Å²) in [7, 11) is 1.56. The number of carbonyl (C=O) groups excluding carboxylic acids is 2. The van der Waals surface area contributed by atoms with E-state index in [2.05, 4.69) is 5.32 Å². The number of ether oxygens (including phenoxy) is 3. The Morgan fingerprint density at radius 2 is 2.25 bits per heavy atom. The third-order valence-corrected chi connectivity index (χ3v) is 5.94. The maximum Gasteiger partial charge on any atom is 0.410 e. The van der Waals surface area contributed by atoms with Crippen molar-refractivity contribution in [3.63, 3.8) is 0 Å². The van der Waals surface area contributed by atoms with Crippen molar-refractivity contribution >= 4 is 28.3 Å². The molecule has 28 heavy (non-hydrogen) atoms. The minimum absolute atomic E-state index is 0.0551. The van der Waals surface area contributed by atoms with Crippen molar-refractivity contribution in [1.82, 2.24) is 4.90 Å². The Hall–Kier alpha value is -2.10. The van der Waals surface area contributed by atoms with Gasteiger partial charge in [-0.1, -0.05) is 0 Å². The number of carbonyl (C=O) groups is 2. The Kier molecular flexibility index (Phi) is 7.30. The molecule has 8 nitrogen and oxygen atoms in total. The highest BCUT2D eigenvalue weighted by Gasteiger charge is 2.27. The van der Waals surface area contributed by atoms with E-state index in [0.29, 0.717) is 52.1 Å². The second-order valence-electron chi connectivity index (χ2n) is 6.65. The van der Waals surface area contributed by atoms with Crippen molar-refractivity contribution < 1.29 is 23.8 Å². The highest BCUT2D eigenvalue weighted by molar-refractivity contribution is 7.16. The zero-order chi connectivity index (χ0) is 19.9. The van der Waals surface area contributed by atoms with Gasteiger partial charge < -0.3 is 30.2 Å². The number of amides is 2. The van der Waals surface area contributed by atoms with Crippen LogP contribution in [0.1, 0.15) is 35.3 Å². The molecule has 0 aromatic carbocycles. The van der Waals surface area contributed by atoms with E-state index in [9.17, 15) is 9.59 Å². The van der Waals surface area contributed by atoms with Gasteiger partial charge in [-0.05, 0) is 18.1 Å². The summed E-state index contributed by atoms with van der Waals surface area (Å²) in [6.07, 6.45) is 4.28. The van der Waals surface area contributed by atoms with E-state index in [-0.39, 0.29) is 18.6 Å². The predicted octanol–water partition coefficient (Wildman–Crippen LogP) is 2.37. The third kappa shape index (κ3) is 5.03. The fourth-order valence-corrected chi connectivity index (χ4v) is 4.62. The maximum atomic E-state index is 12.3. The Morgan fingerprint density at radius 3 is 2.96 bits per heavy atom. The second kappa shape index (κ2) is 9.90. The quantitative estimate of drug-likeness (QED) is 0.639. The average Bonchev–Trinajstić information content (AvgIpc) is 3.33. The van der Waals surface area contributed by atoms with Gasteiger partial charge in [-0.15, -0.1) is 11.3 Å². The SMILES string of the molecule is COCCOC(=O)N1CCc2c(sc(NC(=O)CCC3=CCCO3)c2CN)C1. The summed E-state index contributed by atoms with van der Waals surface area (Å²) in [5.74, 6) is 0.836. The van der Waals surface area contributed by atoms with E-state index in [0.717, 1.165) is 33.2 Å². The lowest BCUT2D eigenvalue weighted by Gasteiger charge is -2.26. The van der Waals surface area contributed by atoms with Gasteiger partial charge in [-0.25, -0.2) is 4.79 Å². The normalized spacial score (nSPS) is 15.6. The topological polar surface area (TPSA) is 103 Å². The summed E-state index contributed by atoms with van der Waals surface area (Å²) in [4.78, 5) is 27.2. The van der Waals surface area contributed by atoms with Gasteiger partial charge >= 0.3 is 6.09 Å². The first kappa shape index (κ1) is 20.6. The summed E-state index contributed by atoms with van der Waals surface area (Å²) >= 11 is 1.49. The molecule has 0 atom stereocenters. The van der Waals surface area contributed by atoms with Crippen molar-refractivity contribution in [3.8, 4) is 0 Å². The van der Waals surface area contributed by atoms with Crippen LogP contribution in [0, 0.1) is 0 Å². The fourth-order valence-electron chi connectivity index (χ4n) is 3.31. The van der Waals surface area contributed by atoms with Crippen molar-refractivity contribution in [2.75, 3.05) is 38.8 Å². The van der Waals surface area contributed by atoms with Gasteiger partial charge in [-0.2, -0.15) is 0 Å². The van der Waals surface area contributed by atoms with Crippen LogP contribution in [0.3, 0.4) is 0 Å². The van der Waals surface area contributed by atoms with Crippen molar-refractivity contribution in [1.29, 1.82) is 0 Å². The van der Waals surface area contributed by atoms with E-state index in [1.54, 1.807) is 12.0 Å². The van der Waals surface area contributed by atoms with Crippen LogP contribution in [-0.2, 0) is 38.5 Å². The van der Waals surface area contributed by atoms with Crippen LogP contribution in [0.15, 0.2) is 11.8 Å². The van der Waals surface area contributed by atoms with Gasteiger partial charge in [0.1, 0.15) is 6.61 Å². The number of nitrogens with two attached hydrogens (primary N) is 1. The van der Waals surface area contributed by atoms with Crippen molar-refractivity contribution in [3.05, 3.63) is 27.8 Å². The lowest BCUT2D eigenvalue weighted by Crippen LogP contribution is -2.36. The average molecular weight is 410 g/mol. The second-order valence-corrected chi connectivity index (χ2v) is 7.76. The predicted molar refractivity (Wildman–Crippen MR) is 106 cm³/mol. The number of fused-ring (bicyclic) bond motifs is 1.